The third-order valence-corrected chi connectivity index (χ3v) is 6.33. The van der Waals surface area contributed by atoms with Crippen LogP contribution in [0.1, 0.15) is 51.0 Å². The molecule has 0 aromatic carbocycles. The maximum Gasteiger partial charge on any atom is 0.194 e. The summed E-state index contributed by atoms with van der Waals surface area (Å²) in [5, 5.41) is 3.53. The lowest BCUT2D eigenvalue weighted by molar-refractivity contribution is 0.187. The molecule has 0 saturated carbocycles. The second kappa shape index (κ2) is 11.2. The van der Waals surface area contributed by atoms with Crippen molar-refractivity contribution >= 4 is 29.9 Å². The number of halogens is 1. The van der Waals surface area contributed by atoms with Crippen LogP contribution in [-0.4, -0.2) is 64.6 Å². The van der Waals surface area contributed by atoms with E-state index in [9.17, 15) is 0 Å². The molecule has 2 aromatic rings. The van der Waals surface area contributed by atoms with Gasteiger partial charge < -0.3 is 19.2 Å². The molecular weight excluding hydrogens is 491 g/mol. The Morgan fingerprint density at radius 1 is 1.33 bits per heavy atom. The summed E-state index contributed by atoms with van der Waals surface area (Å²) in [6.07, 6.45) is 11.3. The van der Waals surface area contributed by atoms with Gasteiger partial charge in [-0.15, -0.1) is 24.0 Å². The van der Waals surface area contributed by atoms with E-state index in [0.717, 1.165) is 57.4 Å². The third-order valence-electron chi connectivity index (χ3n) is 6.33. The smallest absolute Gasteiger partial charge is 0.194 e. The fraction of sp³-hybridized carbons (Fsp3) is 0.636. The lowest BCUT2D eigenvalue weighted by Gasteiger charge is -2.39. The first-order valence-electron chi connectivity index (χ1n) is 11.0. The van der Waals surface area contributed by atoms with Gasteiger partial charge in [-0.05, 0) is 57.3 Å². The van der Waals surface area contributed by atoms with Crippen LogP contribution in [0.2, 0.25) is 0 Å². The van der Waals surface area contributed by atoms with Gasteiger partial charge in [-0.2, -0.15) is 0 Å². The summed E-state index contributed by atoms with van der Waals surface area (Å²) in [4.78, 5) is 14.3. The quantitative estimate of drug-likeness (QED) is 0.353. The number of furan rings is 1. The van der Waals surface area contributed by atoms with E-state index in [1.54, 1.807) is 6.26 Å². The van der Waals surface area contributed by atoms with Gasteiger partial charge >= 0.3 is 0 Å². The minimum atomic E-state index is 0. The number of piperidine rings is 1. The van der Waals surface area contributed by atoms with Crippen LogP contribution in [0.25, 0.3) is 0 Å². The molecule has 0 spiro atoms. The molecule has 30 heavy (non-hydrogen) atoms. The number of guanidine groups is 1. The van der Waals surface area contributed by atoms with E-state index in [1.807, 2.05) is 18.6 Å². The van der Waals surface area contributed by atoms with Crippen LogP contribution >= 0.6 is 24.0 Å². The monoisotopic (exact) mass is 526 g/mol. The fourth-order valence-electron chi connectivity index (χ4n) is 4.61. The van der Waals surface area contributed by atoms with E-state index in [0.29, 0.717) is 12.0 Å². The number of hydrogen-bond donors (Lipinski definition) is 1. The molecule has 2 saturated heterocycles. The lowest BCUT2D eigenvalue weighted by atomic mass is 9.93. The summed E-state index contributed by atoms with van der Waals surface area (Å²) in [5.74, 6) is 2.67. The van der Waals surface area contributed by atoms with Gasteiger partial charge in [0, 0.05) is 32.0 Å². The van der Waals surface area contributed by atoms with Gasteiger partial charge in [-0.25, -0.2) is 4.98 Å². The minimum absolute atomic E-state index is 0. The highest BCUT2D eigenvalue weighted by Gasteiger charge is 2.30. The van der Waals surface area contributed by atoms with Crippen molar-refractivity contribution in [2.75, 3.05) is 39.3 Å². The summed E-state index contributed by atoms with van der Waals surface area (Å²) >= 11 is 0. The van der Waals surface area contributed by atoms with Crippen LogP contribution in [0.5, 0.6) is 0 Å². The second-order valence-corrected chi connectivity index (χ2v) is 8.26. The van der Waals surface area contributed by atoms with Crippen molar-refractivity contribution in [2.45, 2.75) is 45.2 Å². The van der Waals surface area contributed by atoms with E-state index in [1.165, 1.54) is 12.8 Å². The number of likely N-dealkylation sites (tertiary alicyclic amines) is 2. The zero-order valence-electron chi connectivity index (χ0n) is 18.1. The number of nitrogens with zero attached hydrogens (tertiary/aromatic N) is 5. The molecule has 8 heteroatoms. The van der Waals surface area contributed by atoms with Crippen LogP contribution in [0.15, 0.2) is 46.5 Å². The topological polar surface area (TPSA) is 61.8 Å². The summed E-state index contributed by atoms with van der Waals surface area (Å²) in [7, 11) is 0. The zero-order chi connectivity index (χ0) is 20.1. The molecule has 2 fully saturated rings. The summed E-state index contributed by atoms with van der Waals surface area (Å²) in [6.45, 7) is 10.3. The Morgan fingerprint density at radius 3 is 2.83 bits per heavy atom. The van der Waals surface area contributed by atoms with Gasteiger partial charge in [-0.3, -0.25) is 9.89 Å². The summed E-state index contributed by atoms with van der Waals surface area (Å²) in [6, 6.07) is 4.71. The molecule has 3 unspecified atom stereocenters. The Morgan fingerprint density at radius 2 is 2.17 bits per heavy atom. The summed E-state index contributed by atoms with van der Waals surface area (Å²) in [5.41, 5.74) is 0. The molecule has 7 nitrogen and oxygen atoms in total. The van der Waals surface area contributed by atoms with Gasteiger partial charge in [0.1, 0.15) is 5.76 Å². The molecule has 2 aliphatic heterocycles. The second-order valence-electron chi connectivity index (χ2n) is 8.26. The van der Waals surface area contributed by atoms with Crippen molar-refractivity contribution in [1.29, 1.82) is 0 Å². The van der Waals surface area contributed by atoms with E-state index >= 15 is 0 Å². The van der Waals surface area contributed by atoms with Crippen molar-refractivity contribution in [1.82, 2.24) is 24.7 Å². The van der Waals surface area contributed by atoms with Crippen molar-refractivity contribution in [3.63, 3.8) is 0 Å². The molecule has 3 atom stereocenters. The number of hydrogen-bond acceptors (Lipinski definition) is 4. The first-order chi connectivity index (χ1) is 14.3. The predicted molar refractivity (Wildman–Crippen MR) is 130 cm³/mol. The third kappa shape index (κ3) is 5.38. The Kier molecular flexibility index (Phi) is 8.61. The molecule has 4 rings (SSSR count). The molecule has 0 aliphatic carbocycles. The first-order valence-corrected chi connectivity index (χ1v) is 11.0. The highest BCUT2D eigenvalue weighted by molar-refractivity contribution is 14.0. The maximum atomic E-state index is 5.77. The van der Waals surface area contributed by atoms with Crippen molar-refractivity contribution < 1.29 is 4.42 Å². The van der Waals surface area contributed by atoms with E-state index < -0.39 is 0 Å². The Hall–Kier alpha value is -1.55. The largest absolute Gasteiger partial charge is 0.468 e. The molecule has 166 valence electrons. The molecule has 2 aromatic heterocycles. The number of imidazole rings is 1. The van der Waals surface area contributed by atoms with E-state index in [2.05, 4.69) is 50.8 Å². The van der Waals surface area contributed by atoms with Crippen LogP contribution in [0.4, 0.5) is 0 Å². The molecule has 4 heterocycles. The van der Waals surface area contributed by atoms with E-state index in [-0.39, 0.29) is 30.0 Å². The normalized spacial score (nSPS) is 23.9. The van der Waals surface area contributed by atoms with Gasteiger partial charge in [0.2, 0.25) is 0 Å². The summed E-state index contributed by atoms with van der Waals surface area (Å²) < 4.78 is 8.02. The van der Waals surface area contributed by atoms with E-state index in [4.69, 9.17) is 9.41 Å². The minimum Gasteiger partial charge on any atom is -0.468 e. The number of aliphatic imine (C=N–C) groups is 1. The number of nitrogens with one attached hydrogen (secondary N) is 1. The Labute approximate surface area is 196 Å². The van der Waals surface area contributed by atoms with Gasteiger partial charge in [0.15, 0.2) is 5.96 Å². The average molecular weight is 526 g/mol. The highest BCUT2D eigenvalue weighted by atomic mass is 127. The molecule has 0 amide bonds. The van der Waals surface area contributed by atoms with Crippen LogP contribution in [0, 0.1) is 5.92 Å². The number of aromatic nitrogens is 2. The Balaban J connectivity index is 0.00000256. The average Bonchev–Trinajstić information content (AvgIpc) is 3.51. The van der Waals surface area contributed by atoms with Crippen LogP contribution in [0.3, 0.4) is 0 Å². The van der Waals surface area contributed by atoms with Gasteiger partial charge in [0.05, 0.1) is 31.2 Å². The van der Waals surface area contributed by atoms with Crippen LogP contribution in [-0.2, 0) is 0 Å². The highest BCUT2D eigenvalue weighted by Crippen LogP contribution is 2.28. The van der Waals surface area contributed by atoms with Gasteiger partial charge in [-0.1, -0.05) is 6.92 Å². The van der Waals surface area contributed by atoms with Crippen LogP contribution < -0.4 is 5.32 Å². The zero-order valence-corrected chi connectivity index (χ0v) is 20.4. The lowest BCUT2D eigenvalue weighted by Crippen LogP contribution is -2.49. The first kappa shape index (κ1) is 23.1. The van der Waals surface area contributed by atoms with Crippen molar-refractivity contribution in [2.24, 2.45) is 10.9 Å². The standard InChI is InChI=1S/C22H34N6O.HI/c1-3-24-22(27-12-8-18(2)20(16-27)28-13-9-23-17-28)25-15-19(21-7-6-14-29-21)26-10-4-5-11-26;/h6-7,9,13-14,17-20H,3-5,8,10-12,15-16H2,1-2H3,(H,24,25);1H. The Bertz CT molecular complexity index is 757. The van der Waals surface area contributed by atoms with Gasteiger partial charge in [0.25, 0.3) is 0 Å². The molecule has 0 radical (unpaired) electrons. The SMILES string of the molecule is CCNC(=NCC(c1ccco1)N1CCCC1)N1CCC(C)C(n2ccnc2)C1.I. The molecule has 0 bridgehead atoms. The molecular formula is C22H35IN6O. The maximum absolute atomic E-state index is 5.77. The van der Waals surface area contributed by atoms with Crippen molar-refractivity contribution in [3.8, 4) is 0 Å². The predicted octanol–water partition coefficient (Wildman–Crippen LogP) is 3.78. The fourth-order valence-corrected chi connectivity index (χ4v) is 4.61. The number of rotatable bonds is 6. The van der Waals surface area contributed by atoms with Crippen molar-refractivity contribution in [3.05, 3.63) is 42.9 Å². The molecule has 2 aliphatic rings. The molecule has 1 N–H and O–H groups in total.